The Bertz CT molecular complexity index is 964. The van der Waals surface area contributed by atoms with E-state index in [9.17, 15) is 22.7 Å². The first-order valence-corrected chi connectivity index (χ1v) is 10.7. The van der Waals surface area contributed by atoms with Crippen molar-refractivity contribution in [3.8, 4) is 11.3 Å². The second kappa shape index (κ2) is 7.02. The molecule has 1 fully saturated rings. The van der Waals surface area contributed by atoms with Gasteiger partial charge in [0.05, 0.1) is 17.3 Å². The molecule has 2 heterocycles. The topological polar surface area (TPSA) is 48.7 Å². The number of halogens is 4. The van der Waals surface area contributed by atoms with Crippen LogP contribution >= 0.6 is 11.3 Å². The van der Waals surface area contributed by atoms with Gasteiger partial charge in [-0.25, -0.2) is 9.37 Å². The molecular formula is C21H23F4N3OS. The van der Waals surface area contributed by atoms with Crippen LogP contribution in [0, 0.1) is 23.1 Å². The van der Waals surface area contributed by atoms with Gasteiger partial charge in [-0.05, 0) is 42.5 Å². The van der Waals surface area contributed by atoms with Crippen molar-refractivity contribution in [2.45, 2.75) is 51.9 Å². The number of hydrogen-bond acceptors (Lipinski definition) is 5. The first-order chi connectivity index (χ1) is 13.9. The lowest BCUT2D eigenvalue weighted by Gasteiger charge is -2.41. The molecule has 1 aliphatic heterocycles. The van der Waals surface area contributed by atoms with Crippen molar-refractivity contribution in [2.24, 2.45) is 22.4 Å². The van der Waals surface area contributed by atoms with Crippen LogP contribution in [0.25, 0.3) is 11.3 Å². The van der Waals surface area contributed by atoms with Gasteiger partial charge in [-0.3, -0.25) is 0 Å². The third kappa shape index (κ3) is 3.32. The third-order valence-corrected chi connectivity index (χ3v) is 6.82. The first-order valence-electron chi connectivity index (χ1n) is 9.82. The van der Waals surface area contributed by atoms with Gasteiger partial charge in [-0.15, -0.1) is 11.3 Å². The standard InChI is InChI=1S/C21H23F4N3OS/c1-19(2,3)14-5-4-6-15-17(14)27-28(20(15,29)21(23,24)25)18-26-16(11-30-18)12-7-9-13(22)10-8-12/h7-11,14-15,29H,4-6H2,1-3H3/t14-,15-,20+/m1/s1. The molecule has 1 aliphatic carbocycles. The number of thiazole rings is 1. The zero-order chi connectivity index (χ0) is 21.9. The number of rotatable bonds is 2. The van der Waals surface area contributed by atoms with Crippen LogP contribution in [0.3, 0.4) is 0 Å². The molecule has 2 aliphatic rings. The second-order valence-electron chi connectivity index (χ2n) is 8.98. The molecule has 1 N–H and O–H groups in total. The molecule has 1 aromatic heterocycles. The number of anilines is 1. The minimum Gasteiger partial charge on any atom is -0.362 e. The smallest absolute Gasteiger partial charge is 0.362 e. The Labute approximate surface area is 176 Å². The Morgan fingerprint density at radius 1 is 1.13 bits per heavy atom. The normalized spacial score (nSPS) is 27.2. The number of aliphatic hydroxyl groups is 1. The van der Waals surface area contributed by atoms with E-state index in [2.05, 4.69) is 10.1 Å². The van der Waals surface area contributed by atoms with Crippen molar-refractivity contribution in [1.82, 2.24) is 4.98 Å². The molecule has 0 spiro atoms. The van der Waals surface area contributed by atoms with Crippen molar-refractivity contribution >= 4 is 22.2 Å². The van der Waals surface area contributed by atoms with Gasteiger partial charge in [0, 0.05) is 16.9 Å². The van der Waals surface area contributed by atoms with Crippen molar-refractivity contribution in [2.75, 3.05) is 5.01 Å². The van der Waals surface area contributed by atoms with Gasteiger partial charge >= 0.3 is 6.18 Å². The van der Waals surface area contributed by atoms with E-state index in [0.717, 1.165) is 17.8 Å². The van der Waals surface area contributed by atoms with E-state index >= 15 is 0 Å². The average Bonchev–Trinajstić information content (AvgIpc) is 3.25. The molecule has 1 saturated carbocycles. The minimum absolute atomic E-state index is 0.0382. The lowest BCUT2D eigenvalue weighted by molar-refractivity contribution is -0.269. The molecule has 4 nitrogen and oxygen atoms in total. The zero-order valence-corrected chi connectivity index (χ0v) is 17.7. The van der Waals surface area contributed by atoms with Crippen LogP contribution in [0.15, 0.2) is 34.7 Å². The molecule has 9 heteroatoms. The highest BCUT2D eigenvalue weighted by molar-refractivity contribution is 7.14. The fourth-order valence-corrected chi connectivity index (χ4v) is 5.29. The van der Waals surface area contributed by atoms with Crippen LogP contribution in [0.4, 0.5) is 22.7 Å². The molecule has 3 atom stereocenters. The maximum atomic E-state index is 14.2. The van der Waals surface area contributed by atoms with Crippen molar-refractivity contribution < 1.29 is 22.7 Å². The fourth-order valence-electron chi connectivity index (χ4n) is 4.45. The number of benzene rings is 1. The molecule has 0 saturated heterocycles. The highest BCUT2D eigenvalue weighted by Gasteiger charge is 2.69. The van der Waals surface area contributed by atoms with Crippen LogP contribution in [0.2, 0.25) is 0 Å². The number of hydrazone groups is 1. The molecule has 0 unspecified atom stereocenters. The number of hydrogen-bond donors (Lipinski definition) is 1. The molecule has 0 radical (unpaired) electrons. The van der Waals surface area contributed by atoms with Gasteiger partial charge < -0.3 is 5.11 Å². The summed E-state index contributed by atoms with van der Waals surface area (Å²) in [5.74, 6) is -1.70. The Morgan fingerprint density at radius 2 is 1.80 bits per heavy atom. The Balaban J connectivity index is 1.79. The highest BCUT2D eigenvalue weighted by Crippen LogP contribution is 2.53. The van der Waals surface area contributed by atoms with Crippen LogP contribution in [0.1, 0.15) is 40.0 Å². The van der Waals surface area contributed by atoms with Gasteiger partial charge in [-0.1, -0.05) is 27.2 Å². The maximum Gasteiger partial charge on any atom is 0.439 e. The Morgan fingerprint density at radius 3 is 2.40 bits per heavy atom. The summed E-state index contributed by atoms with van der Waals surface area (Å²) < 4.78 is 55.8. The molecule has 30 heavy (non-hydrogen) atoms. The predicted molar refractivity (Wildman–Crippen MR) is 109 cm³/mol. The number of alkyl halides is 3. The average molecular weight is 441 g/mol. The molecular weight excluding hydrogens is 418 g/mol. The predicted octanol–water partition coefficient (Wildman–Crippen LogP) is 5.84. The summed E-state index contributed by atoms with van der Waals surface area (Å²) >= 11 is 0.972. The lowest BCUT2D eigenvalue weighted by atomic mass is 9.66. The van der Waals surface area contributed by atoms with Gasteiger partial charge in [-0.2, -0.15) is 23.3 Å². The summed E-state index contributed by atoms with van der Waals surface area (Å²) in [5, 5.41) is 17.6. The van der Waals surface area contributed by atoms with E-state index in [-0.39, 0.29) is 22.9 Å². The van der Waals surface area contributed by atoms with Crippen molar-refractivity contribution in [1.29, 1.82) is 0 Å². The van der Waals surface area contributed by atoms with Gasteiger partial charge in [0.25, 0.3) is 5.72 Å². The molecule has 0 bridgehead atoms. The summed E-state index contributed by atoms with van der Waals surface area (Å²) in [7, 11) is 0. The minimum atomic E-state index is -4.91. The van der Waals surface area contributed by atoms with E-state index < -0.39 is 23.6 Å². The van der Waals surface area contributed by atoms with Crippen LogP contribution in [-0.4, -0.2) is 27.7 Å². The summed E-state index contributed by atoms with van der Waals surface area (Å²) in [6.07, 6.45) is -3.37. The quantitative estimate of drug-likeness (QED) is 0.596. The van der Waals surface area contributed by atoms with Crippen molar-refractivity contribution in [3.63, 3.8) is 0 Å². The SMILES string of the molecule is CC(C)(C)[C@@H]1CCC[C@@H]2C1=NN(c1nc(-c3ccc(F)cc3)cs1)[C@@]2(O)C(F)(F)F. The van der Waals surface area contributed by atoms with E-state index in [0.29, 0.717) is 28.4 Å². The molecule has 0 amide bonds. The fraction of sp³-hybridized carbons (Fsp3) is 0.524. The number of aromatic nitrogens is 1. The van der Waals surface area contributed by atoms with E-state index in [1.165, 1.54) is 24.3 Å². The van der Waals surface area contributed by atoms with Crippen LogP contribution in [0.5, 0.6) is 0 Å². The Hall–Kier alpha value is -2.00. The molecule has 162 valence electrons. The highest BCUT2D eigenvalue weighted by atomic mass is 32.1. The van der Waals surface area contributed by atoms with E-state index in [1.807, 2.05) is 20.8 Å². The number of nitrogens with zero attached hydrogens (tertiary/aromatic N) is 3. The number of fused-ring (bicyclic) bond motifs is 1. The zero-order valence-electron chi connectivity index (χ0n) is 16.9. The molecule has 2 aromatic rings. The summed E-state index contributed by atoms with van der Waals surface area (Å²) in [5.41, 5.74) is -2.04. The van der Waals surface area contributed by atoms with Gasteiger partial charge in [0.1, 0.15) is 5.82 Å². The lowest BCUT2D eigenvalue weighted by Crippen LogP contribution is -2.61. The summed E-state index contributed by atoms with van der Waals surface area (Å²) in [6.45, 7) is 5.94. The maximum absolute atomic E-state index is 14.2. The summed E-state index contributed by atoms with van der Waals surface area (Å²) in [6, 6.07) is 5.54. The van der Waals surface area contributed by atoms with Gasteiger partial charge in [0.15, 0.2) is 0 Å². The van der Waals surface area contributed by atoms with Crippen LogP contribution in [-0.2, 0) is 0 Å². The van der Waals surface area contributed by atoms with E-state index in [1.54, 1.807) is 5.38 Å². The largest absolute Gasteiger partial charge is 0.439 e. The Kier molecular flexibility index (Phi) is 4.97. The molecule has 4 rings (SSSR count). The molecule has 1 aromatic carbocycles. The van der Waals surface area contributed by atoms with Crippen LogP contribution < -0.4 is 5.01 Å². The summed E-state index contributed by atoms with van der Waals surface area (Å²) in [4.78, 5) is 4.30. The second-order valence-corrected chi connectivity index (χ2v) is 9.82. The van der Waals surface area contributed by atoms with Gasteiger partial charge in [0.2, 0.25) is 5.13 Å². The van der Waals surface area contributed by atoms with E-state index in [4.69, 9.17) is 0 Å². The van der Waals surface area contributed by atoms with Crippen molar-refractivity contribution in [3.05, 3.63) is 35.5 Å². The first kappa shape index (κ1) is 21.2. The monoisotopic (exact) mass is 441 g/mol. The third-order valence-electron chi connectivity index (χ3n) is 6.00.